The maximum Gasteiger partial charge on any atom is 0.273 e. The lowest BCUT2D eigenvalue weighted by Crippen LogP contribution is -2.31. The molecular formula is C17H17ClN2O3. The van der Waals surface area contributed by atoms with Crippen LogP contribution in [0, 0.1) is 10.1 Å². The van der Waals surface area contributed by atoms with Crippen LogP contribution in [0.1, 0.15) is 24.1 Å². The molecule has 0 fully saturated rings. The van der Waals surface area contributed by atoms with E-state index < -0.39 is 4.92 Å². The number of para-hydroxylation sites is 1. The van der Waals surface area contributed by atoms with E-state index in [0.29, 0.717) is 10.6 Å². The fourth-order valence-corrected chi connectivity index (χ4v) is 2.43. The molecule has 5 nitrogen and oxygen atoms in total. The molecule has 0 saturated carbocycles. The van der Waals surface area contributed by atoms with Crippen molar-refractivity contribution >= 4 is 23.2 Å². The quantitative estimate of drug-likeness (QED) is 0.614. The van der Waals surface area contributed by atoms with Crippen molar-refractivity contribution in [3.05, 3.63) is 74.8 Å². The molecule has 0 radical (unpaired) electrons. The summed E-state index contributed by atoms with van der Waals surface area (Å²) in [4.78, 5) is 24.6. The van der Waals surface area contributed by atoms with Gasteiger partial charge in [0.15, 0.2) is 0 Å². The van der Waals surface area contributed by atoms with Gasteiger partial charge in [-0.15, -0.1) is 0 Å². The Morgan fingerprint density at radius 3 is 2.43 bits per heavy atom. The average Bonchev–Trinajstić information content (AvgIpc) is 2.54. The van der Waals surface area contributed by atoms with Gasteiger partial charge < -0.3 is 4.90 Å². The first-order valence-electron chi connectivity index (χ1n) is 7.13. The molecule has 1 atom stereocenters. The van der Waals surface area contributed by atoms with Gasteiger partial charge in [0.2, 0.25) is 5.91 Å². The molecule has 0 aliphatic heterocycles. The zero-order valence-electron chi connectivity index (χ0n) is 12.9. The number of benzene rings is 2. The molecule has 2 aromatic carbocycles. The highest BCUT2D eigenvalue weighted by atomic mass is 35.5. The van der Waals surface area contributed by atoms with Crippen LogP contribution in [0.25, 0.3) is 0 Å². The second-order valence-electron chi connectivity index (χ2n) is 5.29. The van der Waals surface area contributed by atoms with Crippen molar-refractivity contribution in [2.45, 2.75) is 19.4 Å². The van der Waals surface area contributed by atoms with Crippen LogP contribution < -0.4 is 0 Å². The smallest absolute Gasteiger partial charge is 0.273 e. The van der Waals surface area contributed by atoms with E-state index in [1.165, 1.54) is 6.07 Å². The van der Waals surface area contributed by atoms with E-state index >= 15 is 0 Å². The van der Waals surface area contributed by atoms with Crippen molar-refractivity contribution in [1.29, 1.82) is 0 Å². The lowest BCUT2D eigenvalue weighted by Gasteiger charge is -2.25. The predicted molar refractivity (Wildman–Crippen MR) is 89.4 cm³/mol. The van der Waals surface area contributed by atoms with Crippen molar-refractivity contribution in [3.8, 4) is 0 Å². The Hall–Kier alpha value is -2.40. The molecule has 120 valence electrons. The summed E-state index contributed by atoms with van der Waals surface area (Å²) in [5.41, 5.74) is 1.33. The number of carbonyl (C=O) groups excluding carboxylic acids is 1. The Balaban J connectivity index is 2.14. The SMILES string of the molecule is C[C@@H](c1ccc(Cl)cc1)N(C)C(=O)Cc1ccccc1[N+](=O)[O-]. The summed E-state index contributed by atoms with van der Waals surface area (Å²) in [6.45, 7) is 1.90. The molecule has 0 aliphatic rings. The number of nitrogens with zero attached hydrogens (tertiary/aromatic N) is 2. The van der Waals surface area contributed by atoms with Crippen LogP contribution in [0.3, 0.4) is 0 Å². The second-order valence-corrected chi connectivity index (χ2v) is 5.73. The maximum atomic E-state index is 12.4. The Bertz CT molecular complexity index is 716. The third kappa shape index (κ3) is 4.07. The topological polar surface area (TPSA) is 63.5 Å². The highest BCUT2D eigenvalue weighted by molar-refractivity contribution is 6.30. The van der Waals surface area contributed by atoms with Crippen LogP contribution in [0.2, 0.25) is 5.02 Å². The molecule has 1 amide bonds. The van der Waals surface area contributed by atoms with Gasteiger partial charge in [-0.1, -0.05) is 41.9 Å². The van der Waals surface area contributed by atoms with Crippen LogP contribution in [0.15, 0.2) is 48.5 Å². The number of hydrogen-bond acceptors (Lipinski definition) is 3. The van der Waals surface area contributed by atoms with Crippen LogP contribution in [-0.4, -0.2) is 22.8 Å². The summed E-state index contributed by atoms with van der Waals surface area (Å²) in [7, 11) is 1.69. The average molecular weight is 333 g/mol. The molecule has 2 aromatic rings. The van der Waals surface area contributed by atoms with Crippen molar-refractivity contribution in [2.75, 3.05) is 7.05 Å². The van der Waals surface area contributed by atoms with Gasteiger partial charge in [-0.25, -0.2) is 0 Å². The minimum Gasteiger partial charge on any atom is -0.339 e. The van der Waals surface area contributed by atoms with Gasteiger partial charge in [0, 0.05) is 23.7 Å². The fourth-order valence-electron chi connectivity index (χ4n) is 2.31. The van der Waals surface area contributed by atoms with Crippen LogP contribution in [0.4, 0.5) is 5.69 Å². The van der Waals surface area contributed by atoms with Gasteiger partial charge >= 0.3 is 0 Å². The summed E-state index contributed by atoms with van der Waals surface area (Å²) < 4.78 is 0. The van der Waals surface area contributed by atoms with Crippen LogP contribution in [0.5, 0.6) is 0 Å². The Morgan fingerprint density at radius 1 is 1.22 bits per heavy atom. The Kier molecular flexibility index (Phi) is 5.34. The van der Waals surface area contributed by atoms with Gasteiger partial charge in [0.05, 0.1) is 17.4 Å². The summed E-state index contributed by atoms with van der Waals surface area (Å²) in [6.07, 6.45) is -0.00835. The van der Waals surface area contributed by atoms with Gasteiger partial charge in [-0.3, -0.25) is 14.9 Å². The fraction of sp³-hybridized carbons (Fsp3) is 0.235. The summed E-state index contributed by atoms with van der Waals surface area (Å²) >= 11 is 5.87. The molecule has 2 rings (SSSR count). The number of likely N-dealkylation sites (N-methyl/N-ethyl adjacent to an activating group) is 1. The number of nitro groups is 1. The van der Waals surface area contributed by atoms with E-state index in [1.54, 1.807) is 42.3 Å². The van der Waals surface area contributed by atoms with Gasteiger partial charge in [-0.2, -0.15) is 0 Å². The largest absolute Gasteiger partial charge is 0.339 e. The van der Waals surface area contributed by atoms with Gasteiger partial charge in [0.25, 0.3) is 5.69 Å². The first-order valence-corrected chi connectivity index (χ1v) is 7.51. The molecule has 23 heavy (non-hydrogen) atoms. The number of hydrogen-bond donors (Lipinski definition) is 0. The maximum absolute atomic E-state index is 12.4. The molecular weight excluding hydrogens is 316 g/mol. The molecule has 0 aromatic heterocycles. The van der Waals surface area contributed by atoms with E-state index in [1.807, 2.05) is 19.1 Å². The zero-order chi connectivity index (χ0) is 17.0. The van der Waals surface area contributed by atoms with E-state index in [2.05, 4.69) is 0 Å². The minimum absolute atomic E-state index is 0.00835. The number of nitro benzene ring substituents is 1. The number of carbonyl (C=O) groups is 1. The van der Waals surface area contributed by atoms with E-state index in [0.717, 1.165) is 5.56 Å². The lowest BCUT2D eigenvalue weighted by molar-refractivity contribution is -0.385. The molecule has 0 saturated heterocycles. The first-order chi connectivity index (χ1) is 10.9. The predicted octanol–water partition coefficient (Wildman–Crippen LogP) is 4.01. The molecule has 0 heterocycles. The molecule has 6 heteroatoms. The molecule has 0 bridgehead atoms. The lowest BCUT2D eigenvalue weighted by atomic mass is 10.1. The first kappa shape index (κ1) is 17.0. The standard InChI is InChI=1S/C17H17ClN2O3/c1-12(13-7-9-15(18)10-8-13)19(2)17(21)11-14-5-3-4-6-16(14)20(22)23/h3-10,12H,11H2,1-2H3/t12-/m0/s1. The van der Waals surface area contributed by atoms with E-state index in [9.17, 15) is 14.9 Å². The van der Waals surface area contributed by atoms with Crippen LogP contribution in [-0.2, 0) is 11.2 Å². The molecule has 0 spiro atoms. The number of rotatable bonds is 5. The zero-order valence-corrected chi connectivity index (χ0v) is 13.7. The van der Waals surface area contributed by atoms with E-state index in [-0.39, 0.29) is 24.1 Å². The second kappa shape index (κ2) is 7.24. The van der Waals surface area contributed by atoms with Gasteiger partial charge in [0.1, 0.15) is 0 Å². The number of amides is 1. The Labute approximate surface area is 139 Å². The minimum atomic E-state index is -0.467. The summed E-state index contributed by atoms with van der Waals surface area (Å²) in [6, 6.07) is 13.4. The third-order valence-corrected chi connectivity index (χ3v) is 4.11. The van der Waals surface area contributed by atoms with Gasteiger partial charge in [-0.05, 0) is 24.6 Å². The highest BCUT2D eigenvalue weighted by Gasteiger charge is 2.21. The highest BCUT2D eigenvalue weighted by Crippen LogP contribution is 2.23. The van der Waals surface area contributed by atoms with Crippen molar-refractivity contribution in [2.24, 2.45) is 0 Å². The molecule has 0 aliphatic carbocycles. The van der Waals surface area contributed by atoms with E-state index in [4.69, 9.17) is 11.6 Å². The van der Waals surface area contributed by atoms with Crippen LogP contribution >= 0.6 is 11.6 Å². The monoisotopic (exact) mass is 332 g/mol. The van der Waals surface area contributed by atoms with Crippen molar-refractivity contribution < 1.29 is 9.72 Å². The third-order valence-electron chi connectivity index (χ3n) is 3.86. The molecule has 0 unspecified atom stereocenters. The van der Waals surface area contributed by atoms with Crippen molar-refractivity contribution in [3.63, 3.8) is 0 Å². The number of halogens is 1. The molecule has 0 N–H and O–H groups in total. The van der Waals surface area contributed by atoms with Crippen molar-refractivity contribution in [1.82, 2.24) is 4.90 Å². The Morgan fingerprint density at radius 2 is 1.83 bits per heavy atom. The summed E-state index contributed by atoms with van der Waals surface area (Å²) in [5.74, 6) is -0.179. The normalized spacial score (nSPS) is 11.8. The summed E-state index contributed by atoms with van der Waals surface area (Å²) in [5, 5.41) is 11.7.